The molecule has 1 aromatic carbocycles. The van der Waals surface area contributed by atoms with Crippen LogP contribution in [-0.2, 0) is 4.79 Å². The van der Waals surface area contributed by atoms with E-state index in [2.05, 4.69) is 60.5 Å². The number of nitrogens with zero attached hydrogens (tertiary/aromatic N) is 2. The molecule has 0 radical (unpaired) electrons. The van der Waals surface area contributed by atoms with Crippen molar-refractivity contribution in [2.75, 3.05) is 39.3 Å². The maximum Gasteiger partial charge on any atom is 0.236 e. The molecule has 22 heavy (non-hydrogen) atoms. The van der Waals surface area contributed by atoms with E-state index in [4.69, 9.17) is 0 Å². The predicted octanol–water partition coefficient (Wildman–Crippen LogP) is 1.84. The van der Waals surface area contributed by atoms with E-state index in [0.29, 0.717) is 12.6 Å². The minimum absolute atomic E-state index is 0.216. The number of rotatable bonds is 6. The number of nitrogens with one attached hydrogen (secondary N) is 1. The highest BCUT2D eigenvalue weighted by Crippen LogP contribution is 2.04. The zero-order valence-electron chi connectivity index (χ0n) is 13.7. The standard InChI is InChI=1S/C18H27N3O/c1-16(2)19-15-18(22)21-13-11-20(12-14-21)10-6-9-17-7-4-3-5-8-17/h3-9,16,19H,10-15H2,1-2H3/b9-6+. The molecule has 0 bridgehead atoms. The Balaban J connectivity index is 1.69. The van der Waals surface area contributed by atoms with E-state index < -0.39 is 0 Å². The van der Waals surface area contributed by atoms with Gasteiger partial charge in [-0.3, -0.25) is 9.69 Å². The normalized spacial score (nSPS) is 16.6. The molecule has 0 saturated carbocycles. The summed E-state index contributed by atoms with van der Waals surface area (Å²) in [5.74, 6) is 0.216. The van der Waals surface area contributed by atoms with Crippen LogP contribution in [0.3, 0.4) is 0 Å². The Kier molecular flexibility index (Phi) is 6.62. The van der Waals surface area contributed by atoms with Crippen LogP contribution < -0.4 is 5.32 Å². The minimum Gasteiger partial charge on any atom is -0.339 e. The molecule has 0 spiro atoms. The molecular weight excluding hydrogens is 274 g/mol. The molecule has 1 fully saturated rings. The van der Waals surface area contributed by atoms with Crippen molar-refractivity contribution in [2.24, 2.45) is 0 Å². The van der Waals surface area contributed by atoms with Gasteiger partial charge in [-0.15, -0.1) is 0 Å². The largest absolute Gasteiger partial charge is 0.339 e. The third kappa shape index (κ3) is 5.62. The summed E-state index contributed by atoms with van der Waals surface area (Å²) < 4.78 is 0. The van der Waals surface area contributed by atoms with E-state index >= 15 is 0 Å². The molecule has 1 heterocycles. The number of benzene rings is 1. The van der Waals surface area contributed by atoms with Crippen molar-refractivity contribution in [1.29, 1.82) is 0 Å². The molecule has 4 heteroatoms. The molecule has 1 amide bonds. The molecule has 4 nitrogen and oxygen atoms in total. The minimum atomic E-state index is 0.216. The number of hydrogen-bond acceptors (Lipinski definition) is 3. The monoisotopic (exact) mass is 301 g/mol. The number of piperazine rings is 1. The molecule has 0 aromatic heterocycles. The number of hydrogen-bond donors (Lipinski definition) is 1. The van der Waals surface area contributed by atoms with Crippen molar-refractivity contribution in [3.63, 3.8) is 0 Å². The van der Waals surface area contributed by atoms with Gasteiger partial charge in [0.25, 0.3) is 0 Å². The Bertz CT molecular complexity index is 476. The number of carbonyl (C=O) groups is 1. The summed E-state index contributed by atoms with van der Waals surface area (Å²) >= 11 is 0. The van der Waals surface area contributed by atoms with E-state index in [0.717, 1.165) is 32.7 Å². The SMILES string of the molecule is CC(C)NCC(=O)N1CCN(C/C=C/c2ccccc2)CC1. The Morgan fingerprint density at radius 3 is 2.50 bits per heavy atom. The molecule has 1 aromatic rings. The second-order valence-corrected chi connectivity index (χ2v) is 6.03. The van der Waals surface area contributed by atoms with E-state index in [1.54, 1.807) is 0 Å². The molecule has 0 aliphatic carbocycles. The van der Waals surface area contributed by atoms with Crippen molar-refractivity contribution < 1.29 is 4.79 Å². The van der Waals surface area contributed by atoms with Crippen LogP contribution in [-0.4, -0.2) is 61.0 Å². The summed E-state index contributed by atoms with van der Waals surface area (Å²) in [7, 11) is 0. The van der Waals surface area contributed by atoms with Crippen LogP contribution in [0, 0.1) is 0 Å². The van der Waals surface area contributed by atoms with Gasteiger partial charge in [0.1, 0.15) is 0 Å². The molecule has 2 rings (SSSR count). The maximum atomic E-state index is 12.0. The highest BCUT2D eigenvalue weighted by atomic mass is 16.2. The molecule has 1 aliphatic rings. The fourth-order valence-electron chi connectivity index (χ4n) is 2.49. The number of amides is 1. The molecule has 1 aliphatic heterocycles. The van der Waals surface area contributed by atoms with Gasteiger partial charge in [0.2, 0.25) is 5.91 Å². The summed E-state index contributed by atoms with van der Waals surface area (Å²) in [4.78, 5) is 16.4. The van der Waals surface area contributed by atoms with Gasteiger partial charge in [-0.25, -0.2) is 0 Å². The molecular formula is C18H27N3O. The van der Waals surface area contributed by atoms with Crippen molar-refractivity contribution >= 4 is 12.0 Å². The van der Waals surface area contributed by atoms with Gasteiger partial charge < -0.3 is 10.2 Å². The van der Waals surface area contributed by atoms with E-state index in [1.165, 1.54) is 5.56 Å². The summed E-state index contributed by atoms with van der Waals surface area (Å²) in [5.41, 5.74) is 1.23. The predicted molar refractivity (Wildman–Crippen MR) is 91.6 cm³/mol. The second-order valence-electron chi connectivity index (χ2n) is 6.03. The first-order valence-electron chi connectivity index (χ1n) is 8.10. The zero-order valence-corrected chi connectivity index (χ0v) is 13.7. The Morgan fingerprint density at radius 2 is 1.86 bits per heavy atom. The van der Waals surface area contributed by atoms with Gasteiger partial charge in [0.05, 0.1) is 6.54 Å². The average Bonchev–Trinajstić information content (AvgIpc) is 2.54. The lowest BCUT2D eigenvalue weighted by Gasteiger charge is -2.34. The van der Waals surface area contributed by atoms with Gasteiger partial charge in [0, 0.05) is 38.8 Å². The second kappa shape index (κ2) is 8.71. The Labute approximate surface area is 133 Å². The smallest absolute Gasteiger partial charge is 0.236 e. The van der Waals surface area contributed by atoms with Crippen molar-refractivity contribution in [3.05, 3.63) is 42.0 Å². The van der Waals surface area contributed by atoms with Crippen LogP contribution in [0.15, 0.2) is 36.4 Å². The van der Waals surface area contributed by atoms with Crippen molar-refractivity contribution in [3.8, 4) is 0 Å². The highest BCUT2D eigenvalue weighted by Gasteiger charge is 2.19. The third-order valence-electron chi connectivity index (χ3n) is 3.86. The van der Waals surface area contributed by atoms with Crippen molar-refractivity contribution in [2.45, 2.75) is 19.9 Å². The summed E-state index contributed by atoms with van der Waals surface area (Å²) in [6.45, 7) is 9.08. The van der Waals surface area contributed by atoms with E-state index in [9.17, 15) is 4.79 Å². The van der Waals surface area contributed by atoms with Crippen LogP contribution in [0.4, 0.5) is 0 Å². The van der Waals surface area contributed by atoms with Gasteiger partial charge >= 0.3 is 0 Å². The zero-order chi connectivity index (χ0) is 15.8. The summed E-state index contributed by atoms with van der Waals surface area (Å²) in [6, 6.07) is 10.7. The fourth-order valence-corrected chi connectivity index (χ4v) is 2.49. The topological polar surface area (TPSA) is 35.6 Å². The quantitative estimate of drug-likeness (QED) is 0.871. The van der Waals surface area contributed by atoms with Crippen LogP contribution >= 0.6 is 0 Å². The first kappa shape index (κ1) is 16.7. The first-order valence-corrected chi connectivity index (χ1v) is 8.10. The van der Waals surface area contributed by atoms with Crippen LogP contribution in [0.2, 0.25) is 0 Å². The van der Waals surface area contributed by atoms with Gasteiger partial charge in [0.15, 0.2) is 0 Å². The van der Waals surface area contributed by atoms with Gasteiger partial charge in [-0.2, -0.15) is 0 Å². The van der Waals surface area contributed by atoms with Crippen molar-refractivity contribution in [1.82, 2.24) is 15.1 Å². The van der Waals surface area contributed by atoms with E-state index in [1.807, 2.05) is 11.0 Å². The molecule has 0 atom stereocenters. The fraction of sp³-hybridized carbons (Fsp3) is 0.500. The maximum absolute atomic E-state index is 12.0. The van der Waals surface area contributed by atoms with Gasteiger partial charge in [-0.05, 0) is 5.56 Å². The number of carbonyl (C=O) groups excluding carboxylic acids is 1. The third-order valence-corrected chi connectivity index (χ3v) is 3.86. The van der Waals surface area contributed by atoms with Crippen LogP contribution in [0.1, 0.15) is 19.4 Å². The lowest BCUT2D eigenvalue weighted by molar-refractivity contribution is -0.132. The summed E-state index contributed by atoms with van der Waals surface area (Å²) in [6.07, 6.45) is 4.36. The molecule has 120 valence electrons. The van der Waals surface area contributed by atoms with Crippen LogP contribution in [0.25, 0.3) is 6.08 Å². The first-order chi connectivity index (χ1) is 10.6. The molecule has 0 unspecified atom stereocenters. The Hall–Kier alpha value is -1.65. The van der Waals surface area contributed by atoms with E-state index in [-0.39, 0.29) is 5.91 Å². The average molecular weight is 301 g/mol. The Morgan fingerprint density at radius 1 is 1.18 bits per heavy atom. The van der Waals surface area contributed by atoms with Crippen LogP contribution in [0.5, 0.6) is 0 Å². The lowest BCUT2D eigenvalue weighted by Crippen LogP contribution is -2.51. The highest BCUT2D eigenvalue weighted by molar-refractivity contribution is 5.78. The molecule has 1 N–H and O–H groups in total. The van der Waals surface area contributed by atoms with Gasteiger partial charge in [-0.1, -0.05) is 56.3 Å². The molecule has 1 saturated heterocycles. The summed E-state index contributed by atoms with van der Waals surface area (Å²) in [5, 5.41) is 3.19. The lowest BCUT2D eigenvalue weighted by atomic mass is 10.2.